The molecule has 0 N–H and O–H groups in total. The van der Waals surface area contributed by atoms with Gasteiger partial charge in [0.15, 0.2) is 0 Å². The van der Waals surface area contributed by atoms with E-state index in [1.165, 1.54) is 4.90 Å². The van der Waals surface area contributed by atoms with Crippen molar-refractivity contribution < 1.29 is 9.53 Å². The fourth-order valence-electron chi connectivity index (χ4n) is 1.50. The summed E-state index contributed by atoms with van der Waals surface area (Å²) in [5, 5.41) is 0. The molecule has 0 unspecified atom stereocenters. The van der Waals surface area contributed by atoms with Crippen molar-refractivity contribution in [2.45, 2.75) is 6.92 Å². The van der Waals surface area contributed by atoms with Gasteiger partial charge in [-0.25, -0.2) is 4.79 Å². The van der Waals surface area contributed by atoms with Crippen molar-refractivity contribution in [3.8, 4) is 0 Å². The summed E-state index contributed by atoms with van der Waals surface area (Å²) in [6, 6.07) is 7.62. The number of fused-ring (bicyclic) bond motifs is 1. The smallest absolute Gasteiger partial charge is 0.415 e. The lowest BCUT2D eigenvalue weighted by molar-refractivity contribution is 0.160. The molecule has 0 saturated carbocycles. The molecule has 4 heteroatoms. The minimum absolute atomic E-state index is 0.329. The monoisotopic (exact) mass is 204 g/mol. The number of ether oxygens (including phenoxy) is 1. The number of para-hydroxylation sites is 1. The highest BCUT2D eigenvalue weighted by Crippen LogP contribution is 2.22. The first-order valence-electron chi connectivity index (χ1n) is 4.86. The van der Waals surface area contributed by atoms with Crippen LogP contribution in [0.1, 0.15) is 12.5 Å². The van der Waals surface area contributed by atoms with Crippen molar-refractivity contribution in [3.05, 3.63) is 29.8 Å². The molecule has 1 aliphatic rings. The largest absolute Gasteiger partial charge is 0.449 e. The number of rotatable bonds is 1. The number of carbonyl (C=O) groups excluding carboxylic acids is 1. The third-order valence-electron chi connectivity index (χ3n) is 2.17. The van der Waals surface area contributed by atoms with Crippen LogP contribution in [0.15, 0.2) is 29.3 Å². The van der Waals surface area contributed by atoms with E-state index in [-0.39, 0.29) is 6.09 Å². The zero-order chi connectivity index (χ0) is 10.7. The summed E-state index contributed by atoms with van der Waals surface area (Å²) in [6.45, 7) is 2.49. The molecule has 1 heterocycles. The van der Waals surface area contributed by atoms with E-state index in [4.69, 9.17) is 4.74 Å². The summed E-state index contributed by atoms with van der Waals surface area (Å²) in [4.78, 5) is 17.2. The topological polar surface area (TPSA) is 41.9 Å². The van der Waals surface area contributed by atoms with Crippen molar-refractivity contribution in [2.75, 3.05) is 18.2 Å². The molecule has 0 bridgehead atoms. The normalized spacial score (nSPS) is 13.5. The molecule has 15 heavy (non-hydrogen) atoms. The Hall–Kier alpha value is -1.84. The van der Waals surface area contributed by atoms with Crippen molar-refractivity contribution >= 4 is 18.0 Å². The summed E-state index contributed by atoms with van der Waals surface area (Å²) in [7, 11) is 0. The highest BCUT2D eigenvalue weighted by molar-refractivity contribution is 5.98. The Morgan fingerprint density at radius 1 is 1.53 bits per heavy atom. The Morgan fingerprint density at radius 3 is 3.13 bits per heavy atom. The number of aliphatic imine (C=N–C) groups is 1. The van der Waals surface area contributed by atoms with Gasteiger partial charge in [-0.05, 0) is 13.0 Å². The SMILES string of the molecule is CCOC(=O)N1CN=Cc2ccccc21. The van der Waals surface area contributed by atoms with Gasteiger partial charge in [0.1, 0.15) is 6.67 Å². The van der Waals surface area contributed by atoms with E-state index in [1.54, 1.807) is 13.1 Å². The zero-order valence-electron chi connectivity index (χ0n) is 8.51. The number of hydrogen-bond donors (Lipinski definition) is 0. The minimum atomic E-state index is -0.346. The number of amides is 1. The lowest BCUT2D eigenvalue weighted by Crippen LogP contribution is -2.34. The van der Waals surface area contributed by atoms with Gasteiger partial charge in [0.25, 0.3) is 0 Å². The van der Waals surface area contributed by atoms with Gasteiger partial charge in [0, 0.05) is 11.8 Å². The first kappa shape index (κ1) is 9.71. The fourth-order valence-corrected chi connectivity index (χ4v) is 1.50. The highest BCUT2D eigenvalue weighted by Gasteiger charge is 2.20. The van der Waals surface area contributed by atoms with E-state index in [9.17, 15) is 4.79 Å². The summed E-state index contributed by atoms with van der Waals surface area (Å²) in [5.41, 5.74) is 1.79. The molecule has 1 aliphatic heterocycles. The number of carbonyl (C=O) groups is 1. The molecule has 1 aromatic carbocycles. The average Bonchev–Trinajstić information content (AvgIpc) is 2.28. The maximum Gasteiger partial charge on any atom is 0.415 e. The van der Waals surface area contributed by atoms with Crippen molar-refractivity contribution in [1.29, 1.82) is 0 Å². The van der Waals surface area contributed by atoms with Crippen LogP contribution in [0.25, 0.3) is 0 Å². The molecule has 0 aliphatic carbocycles. The predicted molar refractivity (Wildman–Crippen MR) is 58.4 cm³/mol. The Bertz CT molecular complexity index is 401. The van der Waals surface area contributed by atoms with Crippen LogP contribution >= 0.6 is 0 Å². The van der Waals surface area contributed by atoms with E-state index in [0.29, 0.717) is 13.3 Å². The summed E-state index contributed by atoms with van der Waals surface area (Å²) in [6.07, 6.45) is 1.42. The molecule has 1 aromatic rings. The Kier molecular flexibility index (Phi) is 2.67. The average molecular weight is 204 g/mol. The Morgan fingerprint density at radius 2 is 2.33 bits per heavy atom. The van der Waals surface area contributed by atoms with Crippen molar-refractivity contribution in [2.24, 2.45) is 4.99 Å². The van der Waals surface area contributed by atoms with Crippen LogP contribution in [0.2, 0.25) is 0 Å². The third-order valence-corrected chi connectivity index (χ3v) is 2.17. The van der Waals surface area contributed by atoms with Crippen LogP contribution in [0, 0.1) is 0 Å². The van der Waals surface area contributed by atoms with Gasteiger partial charge in [-0.15, -0.1) is 0 Å². The quantitative estimate of drug-likeness (QED) is 0.702. The van der Waals surface area contributed by atoms with E-state index in [1.807, 2.05) is 24.3 Å². The van der Waals surface area contributed by atoms with Gasteiger partial charge in [-0.2, -0.15) is 0 Å². The van der Waals surface area contributed by atoms with Crippen LogP contribution in [0.3, 0.4) is 0 Å². The van der Waals surface area contributed by atoms with Gasteiger partial charge < -0.3 is 4.74 Å². The van der Waals surface area contributed by atoms with Gasteiger partial charge in [0.2, 0.25) is 0 Å². The first-order valence-corrected chi connectivity index (χ1v) is 4.86. The number of hydrogen-bond acceptors (Lipinski definition) is 3. The number of nitrogens with zero attached hydrogens (tertiary/aromatic N) is 2. The number of anilines is 1. The van der Waals surface area contributed by atoms with Gasteiger partial charge in [-0.3, -0.25) is 9.89 Å². The summed E-state index contributed by atoms with van der Waals surface area (Å²) in [5.74, 6) is 0. The molecular weight excluding hydrogens is 192 g/mol. The fraction of sp³-hybridized carbons (Fsp3) is 0.273. The number of benzene rings is 1. The minimum Gasteiger partial charge on any atom is -0.449 e. The molecule has 2 rings (SSSR count). The van der Waals surface area contributed by atoms with Crippen LogP contribution in [-0.2, 0) is 4.74 Å². The lowest BCUT2D eigenvalue weighted by atomic mass is 10.1. The molecule has 0 saturated heterocycles. The van der Waals surface area contributed by atoms with Crippen LogP contribution < -0.4 is 4.90 Å². The predicted octanol–water partition coefficient (Wildman–Crippen LogP) is 2.04. The summed E-state index contributed by atoms with van der Waals surface area (Å²) < 4.78 is 4.95. The van der Waals surface area contributed by atoms with Gasteiger partial charge in [-0.1, -0.05) is 18.2 Å². The molecular formula is C11H12N2O2. The first-order chi connectivity index (χ1) is 7.33. The second-order valence-electron chi connectivity index (χ2n) is 3.14. The molecule has 0 atom stereocenters. The van der Waals surface area contributed by atoms with Crippen molar-refractivity contribution in [3.63, 3.8) is 0 Å². The van der Waals surface area contributed by atoms with E-state index in [2.05, 4.69) is 4.99 Å². The molecule has 0 radical (unpaired) electrons. The Balaban J connectivity index is 2.30. The molecule has 0 fully saturated rings. The molecule has 0 aromatic heterocycles. The van der Waals surface area contributed by atoms with Crippen LogP contribution in [0.5, 0.6) is 0 Å². The lowest BCUT2D eigenvalue weighted by Gasteiger charge is -2.24. The van der Waals surface area contributed by atoms with Gasteiger partial charge in [0.05, 0.1) is 12.3 Å². The van der Waals surface area contributed by atoms with E-state index < -0.39 is 0 Å². The molecule has 78 valence electrons. The standard InChI is InChI=1S/C11H12N2O2/c1-2-15-11(14)13-8-12-7-9-5-3-4-6-10(9)13/h3-7H,2,8H2,1H3. The Labute approximate surface area is 88.2 Å². The van der Waals surface area contributed by atoms with E-state index >= 15 is 0 Å². The molecule has 0 spiro atoms. The maximum atomic E-state index is 11.6. The zero-order valence-corrected chi connectivity index (χ0v) is 8.51. The second kappa shape index (κ2) is 4.13. The van der Waals surface area contributed by atoms with E-state index in [0.717, 1.165) is 11.3 Å². The summed E-state index contributed by atoms with van der Waals surface area (Å²) >= 11 is 0. The van der Waals surface area contributed by atoms with Gasteiger partial charge >= 0.3 is 6.09 Å². The molecule has 4 nitrogen and oxygen atoms in total. The third kappa shape index (κ3) is 1.83. The van der Waals surface area contributed by atoms with Crippen molar-refractivity contribution in [1.82, 2.24) is 0 Å². The van der Waals surface area contributed by atoms with Crippen LogP contribution in [-0.4, -0.2) is 25.6 Å². The van der Waals surface area contributed by atoms with Crippen LogP contribution in [0.4, 0.5) is 10.5 Å². The second-order valence-corrected chi connectivity index (χ2v) is 3.14. The highest BCUT2D eigenvalue weighted by atomic mass is 16.6. The molecule has 1 amide bonds. The maximum absolute atomic E-state index is 11.6.